The fraction of sp³-hybridized carbons (Fsp3) is 1.00. The third-order valence-corrected chi connectivity index (χ3v) is 3.64. The topological polar surface area (TPSA) is 6.48 Å². The van der Waals surface area contributed by atoms with Crippen LogP contribution in [0.4, 0.5) is 0 Å². The molecule has 0 radical (unpaired) electrons. The molecule has 2 nitrogen and oxygen atoms in total. The van der Waals surface area contributed by atoms with E-state index in [1.165, 1.54) is 38.9 Å². The summed E-state index contributed by atoms with van der Waals surface area (Å²) < 4.78 is 0. The first-order valence-corrected chi connectivity index (χ1v) is 4.63. The number of hydrogen-bond donors (Lipinski definition) is 0. The highest BCUT2D eigenvalue weighted by molar-refractivity contribution is 14.0. The molecule has 0 saturated carbocycles. The molecule has 2 saturated heterocycles. The molecule has 2 rings (SSSR count). The molecule has 0 atom stereocenters. The van der Waals surface area contributed by atoms with Gasteiger partial charge in [0, 0.05) is 12.1 Å². The zero-order valence-electron chi connectivity index (χ0n) is 8.05. The van der Waals surface area contributed by atoms with Gasteiger partial charge in [0.2, 0.25) is 0 Å². The maximum absolute atomic E-state index is 2.54. The average Bonchev–Trinajstić information content (AvgIpc) is 2.03. The van der Waals surface area contributed by atoms with Gasteiger partial charge in [-0.05, 0) is 46.4 Å². The van der Waals surface area contributed by atoms with Crippen LogP contribution in [0.2, 0.25) is 0 Å². The normalized spacial score (nSPS) is 29.5. The van der Waals surface area contributed by atoms with Gasteiger partial charge in [0.15, 0.2) is 0 Å². The highest BCUT2D eigenvalue weighted by Crippen LogP contribution is 2.37. The summed E-state index contributed by atoms with van der Waals surface area (Å²) in [5.74, 6) is 0. The van der Waals surface area contributed by atoms with Crippen molar-refractivity contribution in [1.82, 2.24) is 9.80 Å². The smallest absolute Gasteiger partial charge is 0.0243 e. The van der Waals surface area contributed by atoms with E-state index in [0.29, 0.717) is 5.54 Å². The summed E-state index contributed by atoms with van der Waals surface area (Å²) in [4.78, 5) is 4.98. The lowest BCUT2D eigenvalue weighted by atomic mass is 9.77. The van der Waals surface area contributed by atoms with Crippen molar-refractivity contribution in [2.75, 3.05) is 33.7 Å². The maximum Gasteiger partial charge on any atom is 0.0243 e. The van der Waals surface area contributed by atoms with Gasteiger partial charge in [-0.15, -0.1) is 24.0 Å². The molecule has 72 valence electrons. The summed E-state index contributed by atoms with van der Waals surface area (Å²) in [5, 5.41) is 0. The maximum atomic E-state index is 2.54. The second-order valence-electron chi connectivity index (χ2n) is 4.20. The van der Waals surface area contributed by atoms with Gasteiger partial charge in [-0.25, -0.2) is 0 Å². The van der Waals surface area contributed by atoms with Crippen LogP contribution in [0, 0.1) is 0 Å². The summed E-state index contributed by atoms with van der Waals surface area (Å²) in [6.07, 6.45) is 4.22. The van der Waals surface area contributed by atoms with E-state index in [2.05, 4.69) is 23.9 Å². The fourth-order valence-corrected chi connectivity index (χ4v) is 2.32. The summed E-state index contributed by atoms with van der Waals surface area (Å²) in [5.41, 5.74) is 0.631. The van der Waals surface area contributed by atoms with E-state index in [0.717, 1.165) is 0 Å². The summed E-state index contributed by atoms with van der Waals surface area (Å²) in [6, 6.07) is 0. The Morgan fingerprint density at radius 1 is 0.917 bits per heavy atom. The Bertz CT molecular complexity index is 153. The molecule has 0 amide bonds. The van der Waals surface area contributed by atoms with Crippen molar-refractivity contribution >= 4 is 24.0 Å². The van der Waals surface area contributed by atoms with E-state index in [1.807, 2.05) is 0 Å². The van der Waals surface area contributed by atoms with Crippen molar-refractivity contribution in [2.45, 2.75) is 24.8 Å². The first-order valence-electron chi connectivity index (χ1n) is 4.63. The zero-order valence-corrected chi connectivity index (χ0v) is 10.4. The second kappa shape index (κ2) is 3.80. The van der Waals surface area contributed by atoms with Gasteiger partial charge < -0.3 is 9.80 Å². The third kappa shape index (κ3) is 1.63. The van der Waals surface area contributed by atoms with Gasteiger partial charge in [-0.3, -0.25) is 0 Å². The summed E-state index contributed by atoms with van der Waals surface area (Å²) >= 11 is 0. The van der Waals surface area contributed by atoms with Gasteiger partial charge in [0.1, 0.15) is 0 Å². The van der Waals surface area contributed by atoms with E-state index >= 15 is 0 Å². The van der Waals surface area contributed by atoms with Gasteiger partial charge in [0.05, 0.1) is 0 Å². The van der Waals surface area contributed by atoms with E-state index in [1.54, 1.807) is 0 Å². The summed E-state index contributed by atoms with van der Waals surface area (Å²) in [6.45, 7) is 3.92. The molecular weight excluding hydrogens is 263 g/mol. The quantitative estimate of drug-likeness (QED) is 0.620. The zero-order chi connectivity index (χ0) is 7.90. The van der Waals surface area contributed by atoms with Gasteiger partial charge >= 0.3 is 0 Å². The molecule has 2 heterocycles. The molecule has 0 aliphatic carbocycles. The molecule has 0 N–H and O–H groups in total. The number of halogens is 1. The minimum Gasteiger partial charge on any atom is -0.306 e. The molecule has 0 aromatic carbocycles. The van der Waals surface area contributed by atoms with Crippen LogP contribution < -0.4 is 0 Å². The predicted molar refractivity (Wildman–Crippen MR) is 62.1 cm³/mol. The Hall–Kier alpha value is 0.650. The van der Waals surface area contributed by atoms with E-state index in [-0.39, 0.29) is 24.0 Å². The molecule has 2 fully saturated rings. The number of hydrogen-bond acceptors (Lipinski definition) is 2. The van der Waals surface area contributed by atoms with Crippen LogP contribution in [-0.4, -0.2) is 49.1 Å². The van der Waals surface area contributed by atoms with Crippen molar-refractivity contribution in [3.63, 3.8) is 0 Å². The standard InChI is InChI=1S/C9H18N2.HI/c1-10-6-3-9(4-7-10)5-8-11(9)2;/h3-8H2,1-2H3;1H. The van der Waals surface area contributed by atoms with Crippen molar-refractivity contribution in [1.29, 1.82) is 0 Å². The summed E-state index contributed by atoms with van der Waals surface area (Å²) in [7, 11) is 4.50. The van der Waals surface area contributed by atoms with Crippen molar-refractivity contribution in [2.24, 2.45) is 0 Å². The minimum atomic E-state index is 0. The molecule has 2 aliphatic rings. The van der Waals surface area contributed by atoms with Crippen LogP contribution >= 0.6 is 24.0 Å². The highest BCUT2D eigenvalue weighted by Gasteiger charge is 2.43. The molecule has 0 aromatic rings. The van der Waals surface area contributed by atoms with E-state index in [9.17, 15) is 0 Å². The monoisotopic (exact) mass is 282 g/mol. The molecular formula is C9H19IN2. The van der Waals surface area contributed by atoms with Crippen molar-refractivity contribution in [3.05, 3.63) is 0 Å². The number of piperidine rings is 1. The third-order valence-electron chi connectivity index (χ3n) is 3.64. The SMILES string of the molecule is CN1CCC2(CC1)CCN2C.I. The second-order valence-corrected chi connectivity index (χ2v) is 4.20. The first-order chi connectivity index (χ1) is 5.23. The van der Waals surface area contributed by atoms with Gasteiger partial charge in [0.25, 0.3) is 0 Å². The number of likely N-dealkylation sites (tertiary alicyclic amines) is 2. The Kier molecular flexibility index (Phi) is 3.40. The van der Waals surface area contributed by atoms with Crippen LogP contribution in [0.3, 0.4) is 0 Å². The van der Waals surface area contributed by atoms with Crippen LogP contribution in [-0.2, 0) is 0 Å². The largest absolute Gasteiger partial charge is 0.306 e. The Morgan fingerprint density at radius 2 is 1.42 bits per heavy atom. The number of rotatable bonds is 0. The van der Waals surface area contributed by atoms with Crippen LogP contribution in [0.25, 0.3) is 0 Å². The lowest BCUT2D eigenvalue weighted by Crippen LogP contribution is -2.61. The highest BCUT2D eigenvalue weighted by atomic mass is 127. The molecule has 12 heavy (non-hydrogen) atoms. The molecule has 0 aromatic heterocycles. The predicted octanol–water partition coefficient (Wildman–Crippen LogP) is 1.40. The Balaban J connectivity index is 0.000000720. The van der Waals surface area contributed by atoms with Crippen LogP contribution in [0.15, 0.2) is 0 Å². The lowest BCUT2D eigenvalue weighted by Gasteiger charge is -2.54. The Labute approximate surface area is 92.3 Å². The van der Waals surface area contributed by atoms with Crippen LogP contribution in [0.1, 0.15) is 19.3 Å². The fourth-order valence-electron chi connectivity index (χ4n) is 2.32. The number of nitrogens with zero attached hydrogens (tertiary/aromatic N) is 2. The van der Waals surface area contributed by atoms with Gasteiger partial charge in [-0.1, -0.05) is 0 Å². The van der Waals surface area contributed by atoms with Crippen molar-refractivity contribution in [3.8, 4) is 0 Å². The molecule has 3 heteroatoms. The van der Waals surface area contributed by atoms with E-state index in [4.69, 9.17) is 0 Å². The lowest BCUT2D eigenvalue weighted by molar-refractivity contribution is -0.0349. The van der Waals surface area contributed by atoms with E-state index < -0.39 is 0 Å². The van der Waals surface area contributed by atoms with Gasteiger partial charge in [-0.2, -0.15) is 0 Å². The molecule has 2 aliphatic heterocycles. The Morgan fingerprint density at radius 3 is 1.75 bits per heavy atom. The average molecular weight is 282 g/mol. The first kappa shape index (κ1) is 10.7. The van der Waals surface area contributed by atoms with Crippen LogP contribution in [0.5, 0.6) is 0 Å². The van der Waals surface area contributed by atoms with Crippen molar-refractivity contribution < 1.29 is 0 Å². The molecule has 0 unspecified atom stereocenters. The minimum absolute atomic E-state index is 0. The molecule has 1 spiro atoms. The molecule has 0 bridgehead atoms.